The predicted molar refractivity (Wildman–Crippen MR) is 60.2 cm³/mol. The van der Waals surface area contributed by atoms with E-state index < -0.39 is 0 Å². The largest absolute Gasteiger partial charge is 0.368 e. The van der Waals surface area contributed by atoms with E-state index in [0.29, 0.717) is 12.3 Å². The van der Waals surface area contributed by atoms with Crippen LogP contribution in [0.2, 0.25) is 0 Å². The molecule has 1 aromatic heterocycles. The second kappa shape index (κ2) is 6.36. The highest BCUT2D eigenvalue weighted by Gasteiger charge is 2.14. The molecule has 0 radical (unpaired) electrons. The molecule has 94 valence electrons. The Kier molecular flexibility index (Phi) is 4.52. The fourth-order valence-electron chi connectivity index (χ4n) is 1.73. The van der Waals surface area contributed by atoms with Gasteiger partial charge in [-0.3, -0.25) is 4.79 Å². The molecule has 2 rings (SSSR count). The van der Waals surface area contributed by atoms with Crippen molar-refractivity contribution in [2.45, 2.75) is 25.5 Å². The number of carbonyl (C=O) groups excluding carboxylic acids is 1. The topological polar surface area (TPSA) is 76.4 Å². The van der Waals surface area contributed by atoms with Crippen molar-refractivity contribution in [3.63, 3.8) is 0 Å². The maximum Gasteiger partial charge on any atom is 0.246 e. The Balaban J connectivity index is 1.60. The van der Waals surface area contributed by atoms with E-state index in [9.17, 15) is 4.79 Å². The molecule has 1 aromatic rings. The van der Waals surface area contributed by atoms with Crippen molar-refractivity contribution < 1.29 is 14.1 Å². The Labute approximate surface area is 99.7 Å². The number of piperidine rings is 1. The number of ether oxygens (including phenoxy) is 1. The van der Waals surface area contributed by atoms with Gasteiger partial charge < -0.3 is 19.9 Å². The Bertz CT molecular complexity index is 334. The molecule has 0 saturated carbocycles. The summed E-state index contributed by atoms with van der Waals surface area (Å²) in [7, 11) is 0. The molecule has 17 heavy (non-hydrogen) atoms. The normalized spacial score (nSPS) is 16.9. The number of nitrogens with one attached hydrogen (secondary N) is 2. The Hall–Kier alpha value is -1.40. The molecule has 1 saturated heterocycles. The summed E-state index contributed by atoms with van der Waals surface area (Å²) in [5.74, 6) is 0.514. The van der Waals surface area contributed by atoms with Crippen molar-refractivity contribution >= 4 is 5.91 Å². The van der Waals surface area contributed by atoms with Gasteiger partial charge >= 0.3 is 0 Å². The molecule has 1 aliphatic rings. The Morgan fingerprint density at radius 3 is 3.12 bits per heavy atom. The zero-order valence-electron chi connectivity index (χ0n) is 9.65. The van der Waals surface area contributed by atoms with Gasteiger partial charge in [-0.15, -0.1) is 0 Å². The van der Waals surface area contributed by atoms with Gasteiger partial charge in [-0.1, -0.05) is 5.16 Å². The number of carbonyl (C=O) groups is 1. The summed E-state index contributed by atoms with van der Waals surface area (Å²) in [6.07, 6.45) is 3.69. The van der Waals surface area contributed by atoms with Gasteiger partial charge in [0, 0.05) is 6.07 Å². The van der Waals surface area contributed by atoms with Crippen LogP contribution < -0.4 is 10.6 Å². The lowest BCUT2D eigenvalue weighted by molar-refractivity contribution is -0.128. The van der Waals surface area contributed by atoms with Crippen molar-refractivity contribution in [3.05, 3.63) is 18.0 Å². The summed E-state index contributed by atoms with van der Waals surface area (Å²) in [4.78, 5) is 11.5. The lowest BCUT2D eigenvalue weighted by atomic mass is 10.1. The molecule has 6 nitrogen and oxygen atoms in total. The van der Waals surface area contributed by atoms with Gasteiger partial charge in [-0.05, 0) is 25.9 Å². The van der Waals surface area contributed by atoms with E-state index in [0.717, 1.165) is 25.9 Å². The maximum absolute atomic E-state index is 11.5. The van der Waals surface area contributed by atoms with Crippen molar-refractivity contribution in [3.8, 4) is 0 Å². The van der Waals surface area contributed by atoms with Crippen molar-refractivity contribution in [2.24, 2.45) is 0 Å². The molecule has 0 atom stereocenters. The third-order valence-electron chi connectivity index (χ3n) is 2.69. The fourth-order valence-corrected chi connectivity index (χ4v) is 1.73. The quantitative estimate of drug-likeness (QED) is 0.760. The summed E-state index contributed by atoms with van der Waals surface area (Å²) < 4.78 is 10.4. The Morgan fingerprint density at radius 2 is 2.41 bits per heavy atom. The van der Waals surface area contributed by atoms with Gasteiger partial charge in [-0.25, -0.2) is 0 Å². The van der Waals surface area contributed by atoms with Crippen LogP contribution in [0.25, 0.3) is 0 Å². The van der Waals surface area contributed by atoms with Crippen molar-refractivity contribution in [1.29, 1.82) is 0 Å². The van der Waals surface area contributed by atoms with Crippen LogP contribution in [0.15, 0.2) is 16.8 Å². The number of amides is 1. The van der Waals surface area contributed by atoms with Crippen LogP contribution in [0.5, 0.6) is 0 Å². The first-order valence-corrected chi connectivity index (χ1v) is 5.83. The minimum atomic E-state index is -0.125. The smallest absolute Gasteiger partial charge is 0.246 e. The first kappa shape index (κ1) is 12.1. The van der Waals surface area contributed by atoms with E-state index in [-0.39, 0.29) is 18.6 Å². The van der Waals surface area contributed by atoms with Crippen LogP contribution in [0.3, 0.4) is 0 Å². The lowest BCUT2D eigenvalue weighted by Crippen LogP contribution is -2.35. The monoisotopic (exact) mass is 239 g/mol. The van der Waals surface area contributed by atoms with Crippen LogP contribution in [-0.4, -0.2) is 36.9 Å². The second-order valence-corrected chi connectivity index (χ2v) is 4.02. The van der Waals surface area contributed by atoms with Crippen LogP contribution in [0, 0.1) is 0 Å². The van der Waals surface area contributed by atoms with E-state index in [1.807, 2.05) is 0 Å². The number of hydrogen-bond donors (Lipinski definition) is 2. The highest BCUT2D eigenvalue weighted by molar-refractivity contribution is 5.77. The average Bonchev–Trinajstić information content (AvgIpc) is 2.88. The predicted octanol–water partition coefficient (Wildman–Crippen LogP) is 0.0594. The zero-order valence-corrected chi connectivity index (χ0v) is 9.65. The van der Waals surface area contributed by atoms with E-state index >= 15 is 0 Å². The molecule has 2 heterocycles. The van der Waals surface area contributed by atoms with Gasteiger partial charge in [0.15, 0.2) is 5.76 Å². The average molecular weight is 239 g/mol. The lowest BCUT2D eigenvalue weighted by Gasteiger charge is -2.22. The van der Waals surface area contributed by atoms with Crippen molar-refractivity contribution in [1.82, 2.24) is 15.8 Å². The first-order valence-electron chi connectivity index (χ1n) is 5.83. The van der Waals surface area contributed by atoms with Crippen LogP contribution in [-0.2, 0) is 16.1 Å². The molecule has 0 aromatic carbocycles. The third-order valence-corrected chi connectivity index (χ3v) is 2.69. The molecule has 0 spiro atoms. The second-order valence-electron chi connectivity index (χ2n) is 4.02. The number of nitrogens with zero attached hydrogens (tertiary/aromatic N) is 1. The van der Waals surface area contributed by atoms with Crippen LogP contribution >= 0.6 is 0 Å². The third kappa shape index (κ3) is 4.16. The summed E-state index contributed by atoms with van der Waals surface area (Å²) >= 11 is 0. The number of rotatable bonds is 5. The van der Waals surface area contributed by atoms with E-state index in [2.05, 4.69) is 15.8 Å². The van der Waals surface area contributed by atoms with Crippen LogP contribution in [0.1, 0.15) is 18.6 Å². The fraction of sp³-hybridized carbons (Fsp3) is 0.636. The van der Waals surface area contributed by atoms with Gasteiger partial charge in [0.25, 0.3) is 0 Å². The minimum Gasteiger partial charge on any atom is -0.368 e. The summed E-state index contributed by atoms with van der Waals surface area (Å²) in [6.45, 7) is 2.39. The molecule has 6 heteroatoms. The van der Waals surface area contributed by atoms with Gasteiger partial charge in [0.2, 0.25) is 5.91 Å². The number of hydrogen-bond acceptors (Lipinski definition) is 5. The van der Waals surface area contributed by atoms with Crippen LogP contribution in [0.4, 0.5) is 0 Å². The molecule has 0 bridgehead atoms. The molecule has 1 fully saturated rings. The zero-order chi connectivity index (χ0) is 11.9. The Morgan fingerprint density at radius 1 is 1.59 bits per heavy atom. The summed E-state index contributed by atoms with van der Waals surface area (Å²) in [5.41, 5.74) is 0. The van der Waals surface area contributed by atoms with Gasteiger partial charge in [0.05, 0.1) is 18.8 Å². The highest BCUT2D eigenvalue weighted by Crippen LogP contribution is 2.06. The van der Waals surface area contributed by atoms with Crippen molar-refractivity contribution in [2.75, 3.05) is 19.7 Å². The molecule has 0 unspecified atom stereocenters. The molecule has 1 amide bonds. The highest BCUT2D eigenvalue weighted by atomic mass is 16.5. The molecule has 0 aliphatic carbocycles. The van der Waals surface area contributed by atoms with E-state index in [4.69, 9.17) is 9.26 Å². The molecular weight excluding hydrogens is 222 g/mol. The van der Waals surface area contributed by atoms with E-state index in [1.165, 1.54) is 0 Å². The molecule has 1 aliphatic heterocycles. The summed E-state index contributed by atoms with van der Waals surface area (Å²) in [6, 6.07) is 1.72. The molecule has 2 N–H and O–H groups in total. The maximum atomic E-state index is 11.5. The first-order chi connectivity index (χ1) is 8.34. The summed E-state index contributed by atoms with van der Waals surface area (Å²) in [5, 5.41) is 9.51. The minimum absolute atomic E-state index is 0.110. The van der Waals surface area contributed by atoms with Gasteiger partial charge in [0.1, 0.15) is 6.61 Å². The standard InChI is InChI=1S/C11H17N3O3/c15-11(13-7-10-3-6-14-17-10)8-16-9-1-4-12-5-2-9/h3,6,9,12H,1-2,4-5,7-8H2,(H,13,15). The molecular formula is C11H17N3O3. The number of aromatic nitrogens is 1. The van der Waals surface area contributed by atoms with Gasteiger partial charge in [-0.2, -0.15) is 0 Å². The van der Waals surface area contributed by atoms with E-state index in [1.54, 1.807) is 12.3 Å². The SMILES string of the molecule is O=C(COC1CCNCC1)NCc1ccno1.